The summed E-state index contributed by atoms with van der Waals surface area (Å²) in [7, 11) is 0. The Morgan fingerprint density at radius 1 is 1.54 bits per heavy atom. The molecule has 72 valence electrons. The summed E-state index contributed by atoms with van der Waals surface area (Å²) < 4.78 is 0. The summed E-state index contributed by atoms with van der Waals surface area (Å²) in [6.45, 7) is 7.76. The summed E-state index contributed by atoms with van der Waals surface area (Å²) in [4.78, 5) is 2.90. The number of rotatable bonds is 3. The summed E-state index contributed by atoms with van der Waals surface area (Å²) in [5.41, 5.74) is 1.49. The maximum atomic E-state index is 3.58. The Kier molecular flexibility index (Phi) is 2.43. The van der Waals surface area contributed by atoms with E-state index in [1.54, 1.807) is 0 Å². The van der Waals surface area contributed by atoms with Gasteiger partial charge >= 0.3 is 0 Å². The highest BCUT2D eigenvalue weighted by Crippen LogP contribution is 2.30. The lowest BCUT2D eigenvalue weighted by molar-refractivity contribution is 0.652. The highest BCUT2D eigenvalue weighted by molar-refractivity contribution is 7.12. The molecule has 1 aliphatic carbocycles. The van der Waals surface area contributed by atoms with Gasteiger partial charge in [-0.15, -0.1) is 11.3 Å². The van der Waals surface area contributed by atoms with Crippen molar-refractivity contribution in [2.45, 2.75) is 39.8 Å². The molecule has 1 nitrogen and oxygen atoms in total. The van der Waals surface area contributed by atoms with Gasteiger partial charge in [0.05, 0.1) is 0 Å². The number of hydrogen-bond acceptors (Lipinski definition) is 2. The van der Waals surface area contributed by atoms with Crippen molar-refractivity contribution < 1.29 is 0 Å². The van der Waals surface area contributed by atoms with E-state index >= 15 is 0 Å². The maximum absolute atomic E-state index is 3.58. The molecular weight excluding hydrogens is 178 g/mol. The molecule has 0 aliphatic heterocycles. The van der Waals surface area contributed by atoms with Crippen LogP contribution in [0.25, 0.3) is 0 Å². The van der Waals surface area contributed by atoms with Gasteiger partial charge in [0.1, 0.15) is 0 Å². The molecule has 1 heterocycles. The Labute approximate surface area is 84.2 Å². The van der Waals surface area contributed by atoms with Gasteiger partial charge in [-0.2, -0.15) is 0 Å². The van der Waals surface area contributed by atoms with Crippen LogP contribution in [0.2, 0.25) is 0 Å². The Morgan fingerprint density at radius 3 is 2.69 bits per heavy atom. The van der Waals surface area contributed by atoms with Gasteiger partial charge < -0.3 is 5.32 Å². The van der Waals surface area contributed by atoms with Gasteiger partial charge in [0.2, 0.25) is 0 Å². The molecule has 1 aromatic heterocycles. The minimum Gasteiger partial charge on any atom is -0.310 e. The molecule has 2 atom stereocenters. The van der Waals surface area contributed by atoms with Crippen molar-refractivity contribution in [2.24, 2.45) is 5.92 Å². The van der Waals surface area contributed by atoms with Gasteiger partial charge in [-0.1, -0.05) is 6.92 Å². The van der Waals surface area contributed by atoms with Crippen LogP contribution in [0.5, 0.6) is 0 Å². The van der Waals surface area contributed by atoms with Gasteiger partial charge in [-0.25, -0.2) is 0 Å². The van der Waals surface area contributed by atoms with Crippen LogP contribution in [0.15, 0.2) is 6.07 Å². The summed E-state index contributed by atoms with van der Waals surface area (Å²) in [5, 5.41) is 3.58. The van der Waals surface area contributed by atoms with E-state index in [0.29, 0.717) is 0 Å². The highest BCUT2D eigenvalue weighted by atomic mass is 32.1. The van der Waals surface area contributed by atoms with Crippen molar-refractivity contribution in [3.63, 3.8) is 0 Å². The largest absolute Gasteiger partial charge is 0.310 e. The zero-order valence-electron chi connectivity index (χ0n) is 8.55. The average Bonchev–Trinajstić information content (AvgIpc) is 2.65. The third kappa shape index (κ3) is 2.12. The third-order valence-corrected chi connectivity index (χ3v) is 3.82. The Hall–Kier alpha value is -0.340. The lowest BCUT2D eigenvalue weighted by Gasteiger charge is -2.01. The fraction of sp³-hybridized carbons (Fsp3) is 0.636. The zero-order valence-corrected chi connectivity index (χ0v) is 9.37. The first-order valence-electron chi connectivity index (χ1n) is 4.96. The predicted octanol–water partition coefficient (Wildman–Crippen LogP) is 2.86. The van der Waals surface area contributed by atoms with Crippen LogP contribution in [-0.2, 0) is 6.54 Å². The van der Waals surface area contributed by atoms with E-state index in [0.717, 1.165) is 18.5 Å². The van der Waals surface area contributed by atoms with Crippen LogP contribution in [0, 0.1) is 19.8 Å². The van der Waals surface area contributed by atoms with E-state index in [1.165, 1.54) is 21.7 Å². The third-order valence-electron chi connectivity index (χ3n) is 2.81. The topological polar surface area (TPSA) is 12.0 Å². The van der Waals surface area contributed by atoms with E-state index in [4.69, 9.17) is 0 Å². The smallest absolute Gasteiger partial charge is 0.0219 e. The normalized spacial score (nSPS) is 26.4. The molecule has 0 amide bonds. The molecule has 1 aliphatic rings. The second-order valence-electron chi connectivity index (χ2n) is 4.14. The van der Waals surface area contributed by atoms with E-state index in [2.05, 4.69) is 32.2 Å². The van der Waals surface area contributed by atoms with Crippen molar-refractivity contribution in [3.8, 4) is 0 Å². The quantitative estimate of drug-likeness (QED) is 0.782. The highest BCUT2D eigenvalue weighted by Gasteiger charge is 2.31. The summed E-state index contributed by atoms with van der Waals surface area (Å²) in [5.74, 6) is 0.903. The van der Waals surface area contributed by atoms with Crippen LogP contribution in [0.4, 0.5) is 0 Å². The molecule has 2 unspecified atom stereocenters. The molecular formula is C11H17NS. The fourth-order valence-corrected chi connectivity index (χ4v) is 2.65. The first-order chi connectivity index (χ1) is 6.16. The molecule has 0 spiro atoms. The maximum Gasteiger partial charge on any atom is 0.0219 e. The lowest BCUT2D eigenvalue weighted by atomic mass is 10.2. The van der Waals surface area contributed by atoms with Gasteiger partial charge in [-0.3, -0.25) is 0 Å². The van der Waals surface area contributed by atoms with Crippen LogP contribution >= 0.6 is 11.3 Å². The molecule has 1 fully saturated rings. The van der Waals surface area contributed by atoms with Crippen LogP contribution in [0.1, 0.15) is 28.7 Å². The predicted molar refractivity (Wildman–Crippen MR) is 58.2 cm³/mol. The van der Waals surface area contributed by atoms with Gasteiger partial charge in [0.25, 0.3) is 0 Å². The molecule has 1 N–H and O–H groups in total. The number of aryl methyl sites for hydroxylation is 2. The van der Waals surface area contributed by atoms with Gasteiger partial charge in [0.15, 0.2) is 0 Å². The molecule has 1 aromatic rings. The van der Waals surface area contributed by atoms with E-state index < -0.39 is 0 Å². The van der Waals surface area contributed by atoms with Gasteiger partial charge in [0, 0.05) is 22.3 Å². The van der Waals surface area contributed by atoms with Crippen molar-refractivity contribution in [2.75, 3.05) is 0 Å². The monoisotopic (exact) mass is 195 g/mol. The summed E-state index contributed by atoms with van der Waals surface area (Å²) in [6, 6.07) is 3.10. The Bertz CT molecular complexity index is 303. The average molecular weight is 195 g/mol. The van der Waals surface area contributed by atoms with Crippen LogP contribution in [-0.4, -0.2) is 6.04 Å². The molecule has 2 heteroatoms. The molecule has 1 saturated carbocycles. The minimum absolute atomic E-state index is 0.791. The molecule has 0 aromatic carbocycles. The first kappa shape index (κ1) is 9.22. The molecule has 0 bridgehead atoms. The minimum atomic E-state index is 0.791. The molecule has 13 heavy (non-hydrogen) atoms. The van der Waals surface area contributed by atoms with Gasteiger partial charge in [-0.05, 0) is 37.8 Å². The van der Waals surface area contributed by atoms with Crippen LogP contribution < -0.4 is 5.32 Å². The second-order valence-corrected chi connectivity index (χ2v) is 5.60. The zero-order chi connectivity index (χ0) is 9.42. The summed E-state index contributed by atoms with van der Waals surface area (Å²) in [6.07, 6.45) is 1.36. The Balaban J connectivity index is 1.90. The standard InChI is InChI=1S/C11H17NS/c1-7-4-11(7)12-6-10-5-8(2)13-9(10)3/h5,7,11-12H,4,6H2,1-3H3. The molecule has 0 saturated heterocycles. The number of thiophene rings is 1. The van der Waals surface area contributed by atoms with Crippen molar-refractivity contribution in [3.05, 3.63) is 21.4 Å². The Morgan fingerprint density at radius 2 is 2.23 bits per heavy atom. The number of nitrogens with one attached hydrogen (secondary N) is 1. The van der Waals surface area contributed by atoms with Crippen molar-refractivity contribution >= 4 is 11.3 Å². The summed E-state index contributed by atoms with van der Waals surface area (Å²) >= 11 is 1.90. The molecule has 2 rings (SSSR count). The fourth-order valence-electron chi connectivity index (χ4n) is 1.71. The van der Waals surface area contributed by atoms with E-state index in [1.807, 2.05) is 11.3 Å². The second kappa shape index (κ2) is 3.43. The number of hydrogen-bond donors (Lipinski definition) is 1. The van der Waals surface area contributed by atoms with Crippen molar-refractivity contribution in [1.82, 2.24) is 5.32 Å². The van der Waals surface area contributed by atoms with Crippen LogP contribution in [0.3, 0.4) is 0 Å². The first-order valence-corrected chi connectivity index (χ1v) is 5.78. The van der Waals surface area contributed by atoms with E-state index in [-0.39, 0.29) is 0 Å². The van der Waals surface area contributed by atoms with Crippen molar-refractivity contribution in [1.29, 1.82) is 0 Å². The van der Waals surface area contributed by atoms with E-state index in [9.17, 15) is 0 Å². The SMILES string of the molecule is Cc1cc(CNC2CC2C)c(C)s1. The lowest BCUT2D eigenvalue weighted by Crippen LogP contribution is -2.16. The molecule has 0 radical (unpaired) electrons.